The monoisotopic (exact) mass is 289 g/mol. The SMILES string of the molecule is COc1c(C(F)(F)F)ccc(C2(C(C)N)CC2)c1OC. The average Bonchev–Trinajstić information content (AvgIpc) is 3.16. The molecule has 3 nitrogen and oxygen atoms in total. The number of hydrogen-bond donors (Lipinski definition) is 1. The van der Waals surface area contributed by atoms with Gasteiger partial charge in [-0.1, -0.05) is 6.07 Å². The van der Waals surface area contributed by atoms with E-state index in [4.69, 9.17) is 15.2 Å². The first-order chi connectivity index (χ1) is 9.28. The number of benzene rings is 1. The highest BCUT2D eigenvalue weighted by Crippen LogP contribution is 2.56. The van der Waals surface area contributed by atoms with Crippen molar-refractivity contribution in [3.8, 4) is 11.5 Å². The van der Waals surface area contributed by atoms with Crippen molar-refractivity contribution in [2.45, 2.75) is 37.4 Å². The number of hydrogen-bond acceptors (Lipinski definition) is 3. The van der Waals surface area contributed by atoms with E-state index in [2.05, 4.69) is 0 Å². The lowest BCUT2D eigenvalue weighted by Crippen LogP contribution is -2.32. The van der Waals surface area contributed by atoms with Gasteiger partial charge < -0.3 is 15.2 Å². The maximum absolute atomic E-state index is 13.0. The standard InChI is InChI=1S/C14H18F3NO2/c1-8(18)13(6-7-13)9-4-5-10(14(15,16)17)12(20-3)11(9)19-2/h4-5,8H,6-7,18H2,1-3H3. The summed E-state index contributed by atoms with van der Waals surface area (Å²) in [6.45, 7) is 1.86. The molecule has 0 saturated heterocycles. The Kier molecular flexibility index (Phi) is 3.62. The first kappa shape index (κ1) is 15.0. The van der Waals surface area contributed by atoms with Crippen molar-refractivity contribution < 1.29 is 22.6 Å². The third-order valence-electron chi connectivity index (χ3n) is 4.02. The molecule has 1 aromatic rings. The predicted octanol–water partition coefficient (Wildman–Crippen LogP) is 3.10. The molecule has 2 N–H and O–H groups in total. The van der Waals surface area contributed by atoms with E-state index < -0.39 is 11.7 Å². The van der Waals surface area contributed by atoms with Gasteiger partial charge in [-0.25, -0.2) is 0 Å². The molecule has 6 heteroatoms. The Hall–Kier alpha value is -1.43. The number of methoxy groups -OCH3 is 2. The van der Waals surface area contributed by atoms with Crippen LogP contribution in [0.25, 0.3) is 0 Å². The van der Waals surface area contributed by atoms with Gasteiger partial charge in [-0.2, -0.15) is 13.2 Å². The molecule has 112 valence electrons. The Morgan fingerprint density at radius 1 is 1.15 bits per heavy atom. The topological polar surface area (TPSA) is 44.5 Å². The second-order valence-electron chi connectivity index (χ2n) is 5.17. The van der Waals surface area contributed by atoms with Crippen LogP contribution in [0.2, 0.25) is 0 Å². The zero-order valence-corrected chi connectivity index (χ0v) is 11.7. The summed E-state index contributed by atoms with van der Waals surface area (Å²) in [6, 6.07) is 2.34. The third kappa shape index (κ3) is 2.22. The van der Waals surface area contributed by atoms with Gasteiger partial charge in [0.05, 0.1) is 14.2 Å². The van der Waals surface area contributed by atoms with Gasteiger partial charge in [0.15, 0.2) is 11.5 Å². The maximum Gasteiger partial charge on any atom is 0.420 e. The third-order valence-corrected chi connectivity index (χ3v) is 4.02. The van der Waals surface area contributed by atoms with Gasteiger partial charge in [-0.3, -0.25) is 0 Å². The number of alkyl halides is 3. The lowest BCUT2D eigenvalue weighted by atomic mass is 9.87. The molecule has 0 aromatic heterocycles. The molecule has 1 aliphatic carbocycles. The normalized spacial score (nSPS) is 18.6. The van der Waals surface area contributed by atoms with E-state index in [0.717, 1.165) is 18.9 Å². The second kappa shape index (κ2) is 4.84. The van der Waals surface area contributed by atoms with E-state index in [1.54, 1.807) is 0 Å². The van der Waals surface area contributed by atoms with E-state index in [9.17, 15) is 13.2 Å². The zero-order valence-electron chi connectivity index (χ0n) is 11.7. The molecule has 2 rings (SSSR count). The van der Waals surface area contributed by atoms with Crippen LogP contribution >= 0.6 is 0 Å². The second-order valence-corrected chi connectivity index (χ2v) is 5.17. The van der Waals surface area contributed by atoms with E-state index in [0.29, 0.717) is 5.56 Å². The van der Waals surface area contributed by atoms with Crippen LogP contribution in [0.4, 0.5) is 13.2 Å². The van der Waals surface area contributed by atoms with Gasteiger partial charge in [0.2, 0.25) is 0 Å². The van der Waals surface area contributed by atoms with Crippen molar-refractivity contribution in [3.05, 3.63) is 23.3 Å². The van der Waals surface area contributed by atoms with Gasteiger partial charge in [0, 0.05) is 17.0 Å². The first-order valence-corrected chi connectivity index (χ1v) is 6.36. The fourth-order valence-corrected chi connectivity index (χ4v) is 2.69. The molecule has 0 bridgehead atoms. The summed E-state index contributed by atoms with van der Waals surface area (Å²) in [5, 5.41) is 0. The van der Waals surface area contributed by atoms with Crippen molar-refractivity contribution in [3.63, 3.8) is 0 Å². The Bertz CT molecular complexity index is 508. The van der Waals surface area contributed by atoms with Crippen molar-refractivity contribution >= 4 is 0 Å². The van der Waals surface area contributed by atoms with Gasteiger partial charge >= 0.3 is 6.18 Å². The molecule has 1 fully saturated rings. The van der Waals surface area contributed by atoms with Crippen molar-refractivity contribution in [2.24, 2.45) is 5.73 Å². The molecule has 0 radical (unpaired) electrons. The largest absolute Gasteiger partial charge is 0.493 e. The van der Waals surface area contributed by atoms with Crippen molar-refractivity contribution in [2.75, 3.05) is 14.2 Å². The minimum Gasteiger partial charge on any atom is -0.493 e. The molecule has 20 heavy (non-hydrogen) atoms. The fraction of sp³-hybridized carbons (Fsp3) is 0.571. The molecule has 1 aliphatic rings. The predicted molar refractivity (Wildman–Crippen MR) is 69.1 cm³/mol. The summed E-state index contributed by atoms with van der Waals surface area (Å²) >= 11 is 0. The summed E-state index contributed by atoms with van der Waals surface area (Å²) in [5.74, 6) is -0.137. The smallest absolute Gasteiger partial charge is 0.420 e. The van der Waals surface area contributed by atoms with Crippen LogP contribution < -0.4 is 15.2 Å². The Labute approximate surface area is 115 Å². The summed E-state index contributed by atoms with van der Waals surface area (Å²) < 4.78 is 49.1. The van der Waals surface area contributed by atoms with Crippen LogP contribution in [0.1, 0.15) is 30.9 Å². The van der Waals surface area contributed by atoms with Crippen LogP contribution in [0.5, 0.6) is 11.5 Å². The van der Waals surface area contributed by atoms with E-state index in [-0.39, 0.29) is 23.0 Å². The number of rotatable bonds is 4. The zero-order chi connectivity index (χ0) is 15.1. The van der Waals surface area contributed by atoms with Crippen LogP contribution in [-0.4, -0.2) is 20.3 Å². The van der Waals surface area contributed by atoms with E-state index in [1.807, 2.05) is 6.92 Å². The highest BCUT2D eigenvalue weighted by molar-refractivity contribution is 5.57. The molecule has 0 aliphatic heterocycles. The summed E-state index contributed by atoms with van der Waals surface area (Å²) in [7, 11) is 2.56. The van der Waals surface area contributed by atoms with Gasteiger partial charge in [-0.15, -0.1) is 0 Å². The number of halogens is 3. The summed E-state index contributed by atoms with van der Waals surface area (Å²) in [5.41, 5.74) is 5.54. The van der Waals surface area contributed by atoms with Crippen LogP contribution in [0, 0.1) is 0 Å². The van der Waals surface area contributed by atoms with Crippen LogP contribution in [-0.2, 0) is 11.6 Å². The highest BCUT2D eigenvalue weighted by Gasteiger charge is 2.50. The molecular formula is C14H18F3NO2. The van der Waals surface area contributed by atoms with E-state index in [1.165, 1.54) is 20.3 Å². The van der Waals surface area contributed by atoms with Crippen LogP contribution in [0.15, 0.2) is 12.1 Å². The fourth-order valence-electron chi connectivity index (χ4n) is 2.69. The Morgan fingerprint density at radius 3 is 2.05 bits per heavy atom. The van der Waals surface area contributed by atoms with Gasteiger partial charge in [0.25, 0.3) is 0 Å². The molecule has 1 saturated carbocycles. The number of nitrogens with two attached hydrogens (primary N) is 1. The Morgan fingerprint density at radius 2 is 1.70 bits per heavy atom. The van der Waals surface area contributed by atoms with Crippen LogP contribution in [0.3, 0.4) is 0 Å². The highest BCUT2D eigenvalue weighted by atomic mass is 19.4. The minimum absolute atomic E-state index is 0.136. The molecular weight excluding hydrogens is 271 g/mol. The average molecular weight is 289 g/mol. The molecule has 0 heterocycles. The van der Waals surface area contributed by atoms with E-state index >= 15 is 0 Å². The number of ether oxygens (including phenoxy) is 2. The molecule has 1 atom stereocenters. The quantitative estimate of drug-likeness (QED) is 0.926. The lowest BCUT2D eigenvalue weighted by Gasteiger charge is -2.25. The Balaban J connectivity index is 2.62. The summed E-state index contributed by atoms with van der Waals surface area (Å²) in [6.07, 6.45) is -2.80. The molecule has 1 unspecified atom stereocenters. The maximum atomic E-state index is 13.0. The van der Waals surface area contributed by atoms with Crippen molar-refractivity contribution in [1.29, 1.82) is 0 Å². The van der Waals surface area contributed by atoms with Gasteiger partial charge in [-0.05, 0) is 25.8 Å². The summed E-state index contributed by atoms with van der Waals surface area (Å²) in [4.78, 5) is 0. The molecule has 0 spiro atoms. The first-order valence-electron chi connectivity index (χ1n) is 6.36. The lowest BCUT2D eigenvalue weighted by molar-refractivity contribution is -0.138. The van der Waals surface area contributed by atoms with Crippen molar-refractivity contribution in [1.82, 2.24) is 0 Å². The molecule has 1 aromatic carbocycles. The van der Waals surface area contributed by atoms with Gasteiger partial charge in [0.1, 0.15) is 5.56 Å². The molecule has 0 amide bonds. The minimum atomic E-state index is -4.48.